The fraction of sp³-hybridized carbons (Fsp3) is 0.611. The fourth-order valence-electron chi connectivity index (χ4n) is 2.86. The maximum Gasteiger partial charge on any atom is 0.150 e. The number of piperidine rings is 1. The van der Waals surface area contributed by atoms with Crippen LogP contribution >= 0.6 is 0 Å². The molecule has 1 aromatic carbocycles. The molecule has 21 heavy (non-hydrogen) atoms. The molecule has 0 aromatic heterocycles. The number of hydrogen-bond donors (Lipinski definition) is 1. The SMILES string of the molecule is C1CC2COCC(C1)N2.CCC(C)c1ccc(C=O)cc1. The third-order valence-corrected chi connectivity index (χ3v) is 4.47. The molecule has 3 rings (SSSR count). The van der Waals surface area contributed by atoms with Gasteiger partial charge in [0.1, 0.15) is 6.29 Å². The molecule has 1 aromatic rings. The molecule has 2 heterocycles. The number of hydrogen-bond acceptors (Lipinski definition) is 3. The second-order valence-corrected chi connectivity index (χ2v) is 6.12. The number of ether oxygens (including phenoxy) is 1. The molecule has 0 spiro atoms. The van der Waals surface area contributed by atoms with Gasteiger partial charge in [-0.1, -0.05) is 44.5 Å². The summed E-state index contributed by atoms with van der Waals surface area (Å²) in [6, 6.07) is 9.15. The molecule has 3 unspecified atom stereocenters. The minimum absolute atomic E-state index is 0.589. The van der Waals surface area contributed by atoms with Gasteiger partial charge in [-0.25, -0.2) is 0 Å². The van der Waals surface area contributed by atoms with Crippen molar-refractivity contribution < 1.29 is 9.53 Å². The Morgan fingerprint density at radius 2 is 1.86 bits per heavy atom. The van der Waals surface area contributed by atoms with E-state index in [9.17, 15) is 4.79 Å². The number of nitrogens with one attached hydrogen (secondary N) is 1. The van der Waals surface area contributed by atoms with Crippen LogP contribution in [0.25, 0.3) is 0 Å². The molecule has 0 saturated carbocycles. The van der Waals surface area contributed by atoms with E-state index in [1.165, 1.54) is 24.8 Å². The van der Waals surface area contributed by atoms with E-state index in [1.807, 2.05) is 24.3 Å². The summed E-state index contributed by atoms with van der Waals surface area (Å²) in [4.78, 5) is 10.4. The van der Waals surface area contributed by atoms with Crippen LogP contribution in [0.15, 0.2) is 24.3 Å². The van der Waals surface area contributed by atoms with Gasteiger partial charge in [-0.3, -0.25) is 4.79 Å². The highest BCUT2D eigenvalue weighted by atomic mass is 16.5. The van der Waals surface area contributed by atoms with Gasteiger partial charge >= 0.3 is 0 Å². The van der Waals surface area contributed by atoms with Gasteiger partial charge in [-0.2, -0.15) is 0 Å². The molecule has 3 nitrogen and oxygen atoms in total. The number of morpholine rings is 1. The van der Waals surface area contributed by atoms with Crippen LogP contribution in [0, 0.1) is 0 Å². The van der Waals surface area contributed by atoms with Gasteiger partial charge < -0.3 is 10.1 Å². The van der Waals surface area contributed by atoms with Crippen LogP contribution in [0.4, 0.5) is 0 Å². The normalized spacial score (nSPS) is 25.4. The van der Waals surface area contributed by atoms with E-state index in [4.69, 9.17) is 4.74 Å². The molecule has 2 fully saturated rings. The van der Waals surface area contributed by atoms with Gasteiger partial charge in [0.15, 0.2) is 0 Å². The van der Waals surface area contributed by atoms with Crippen LogP contribution < -0.4 is 5.32 Å². The summed E-state index contributed by atoms with van der Waals surface area (Å²) < 4.78 is 5.37. The van der Waals surface area contributed by atoms with E-state index in [2.05, 4.69) is 19.2 Å². The average molecular weight is 289 g/mol. The zero-order valence-corrected chi connectivity index (χ0v) is 13.2. The molecule has 2 bridgehead atoms. The molecular formula is C18H27NO2. The number of rotatable bonds is 3. The van der Waals surface area contributed by atoms with Crippen molar-refractivity contribution in [1.29, 1.82) is 0 Å². The number of carbonyl (C=O) groups is 1. The van der Waals surface area contributed by atoms with Crippen LogP contribution in [0.2, 0.25) is 0 Å². The van der Waals surface area contributed by atoms with Crippen LogP contribution in [0.3, 0.4) is 0 Å². The number of fused-ring (bicyclic) bond motifs is 2. The molecule has 1 N–H and O–H groups in total. The first kappa shape index (κ1) is 16.2. The lowest BCUT2D eigenvalue weighted by atomic mass is 9.98. The molecule has 2 saturated heterocycles. The average Bonchev–Trinajstić information content (AvgIpc) is 2.55. The standard InChI is InChI=1S/C11H14O.C7H13NO/c1-3-9(2)11-6-4-10(8-12)5-7-11;1-2-6-4-9-5-7(3-1)8-6/h4-9H,3H2,1-2H3;6-8H,1-5H2. The Balaban J connectivity index is 0.000000159. The monoisotopic (exact) mass is 289 g/mol. The lowest BCUT2D eigenvalue weighted by molar-refractivity contribution is 0.0238. The minimum atomic E-state index is 0.589. The smallest absolute Gasteiger partial charge is 0.150 e. The van der Waals surface area contributed by atoms with Gasteiger partial charge in [0, 0.05) is 17.6 Å². The van der Waals surface area contributed by atoms with Gasteiger partial charge in [-0.05, 0) is 30.7 Å². The second-order valence-electron chi connectivity index (χ2n) is 6.12. The molecule has 0 radical (unpaired) electrons. The van der Waals surface area contributed by atoms with E-state index < -0.39 is 0 Å². The molecular weight excluding hydrogens is 262 g/mol. The maximum atomic E-state index is 10.4. The van der Waals surface area contributed by atoms with Crippen molar-refractivity contribution in [3.05, 3.63) is 35.4 Å². The van der Waals surface area contributed by atoms with Gasteiger partial charge in [-0.15, -0.1) is 0 Å². The topological polar surface area (TPSA) is 38.3 Å². The number of benzene rings is 1. The van der Waals surface area contributed by atoms with E-state index in [0.29, 0.717) is 18.0 Å². The molecule has 3 atom stereocenters. The summed E-state index contributed by atoms with van der Waals surface area (Å²) >= 11 is 0. The van der Waals surface area contributed by atoms with E-state index >= 15 is 0 Å². The van der Waals surface area contributed by atoms with Crippen molar-refractivity contribution in [3.8, 4) is 0 Å². The predicted octanol–water partition coefficient (Wildman–Crippen LogP) is 3.54. The first-order valence-corrected chi connectivity index (χ1v) is 8.11. The lowest BCUT2D eigenvalue weighted by Gasteiger charge is -2.35. The Bertz CT molecular complexity index is 409. The summed E-state index contributed by atoms with van der Waals surface area (Å²) in [5.74, 6) is 0.589. The van der Waals surface area contributed by atoms with Crippen molar-refractivity contribution in [2.45, 2.75) is 57.5 Å². The van der Waals surface area contributed by atoms with Crippen LogP contribution in [0.1, 0.15) is 61.4 Å². The summed E-state index contributed by atoms with van der Waals surface area (Å²) in [7, 11) is 0. The first-order chi connectivity index (χ1) is 10.2. The largest absolute Gasteiger partial charge is 0.378 e. The Morgan fingerprint density at radius 3 is 2.33 bits per heavy atom. The van der Waals surface area contributed by atoms with Crippen LogP contribution in [-0.2, 0) is 4.74 Å². The van der Waals surface area contributed by atoms with Gasteiger partial charge in [0.25, 0.3) is 0 Å². The molecule has 2 aliphatic rings. The van der Waals surface area contributed by atoms with E-state index in [0.717, 1.165) is 31.5 Å². The number of carbonyl (C=O) groups excluding carboxylic acids is 1. The number of aldehydes is 1. The van der Waals surface area contributed by atoms with Crippen molar-refractivity contribution in [1.82, 2.24) is 5.32 Å². The second kappa shape index (κ2) is 8.30. The minimum Gasteiger partial charge on any atom is -0.378 e. The van der Waals surface area contributed by atoms with Crippen LogP contribution in [-0.4, -0.2) is 31.6 Å². The highest BCUT2D eigenvalue weighted by molar-refractivity contribution is 5.74. The third-order valence-electron chi connectivity index (χ3n) is 4.47. The summed E-state index contributed by atoms with van der Waals surface area (Å²) in [6.07, 6.45) is 6.04. The zero-order chi connectivity index (χ0) is 15.1. The molecule has 3 heteroatoms. The Morgan fingerprint density at radius 1 is 1.24 bits per heavy atom. The van der Waals surface area contributed by atoms with Gasteiger partial charge in [0.2, 0.25) is 0 Å². The quantitative estimate of drug-likeness (QED) is 0.865. The Labute approximate surface area is 128 Å². The molecule has 116 valence electrons. The van der Waals surface area contributed by atoms with Crippen molar-refractivity contribution in [3.63, 3.8) is 0 Å². The van der Waals surface area contributed by atoms with Crippen molar-refractivity contribution >= 4 is 6.29 Å². The molecule has 2 aliphatic heterocycles. The third kappa shape index (κ3) is 4.94. The maximum absolute atomic E-state index is 10.4. The molecule has 0 aliphatic carbocycles. The van der Waals surface area contributed by atoms with E-state index in [-0.39, 0.29) is 0 Å². The Kier molecular flexibility index (Phi) is 6.40. The van der Waals surface area contributed by atoms with Crippen LogP contribution in [0.5, 0.6) is 0 Å². The Hall–Kier alpha value is -1.19. The first-order valence-electron chi connectivity index (χ1n) is 8.11. The summed E-state index contributed by atoms with van der Waals surface area (Å²) in [5.41, 5.74) is 2.06. The van der Waals surface area contributed by atoms with Crippen molar-refractivity contribution in [2.75, 3.05) is 13.2 Å². The zero-order valence-electron chi connectivity index (χ0n) is 13.2. The predicted molar refractivity (Wildman–Crippen MR) is 85.9 cm³/mol. The summed E-state index contributed by atoms with van der Waals surface area (Å²) in [6.45, 7) is 6.24. The highest BCUT2D eigenvalue weighted by Gasteiger charge is 2.24. The van der Waals surface area contributed by atoms with Gasteiger partial charge in [0.05, 0.1) is 13.2 Å². The van der Waals surface area contributed by atoms with Crippen molar-refractivity contribution in [2.24, 2.45) is 0 Å². The molecule has 0 amide bonds. The fourth-order valence-corrected chi connectivity index (χ4v) is 2.86. The summed E-state index contributed by atoms with van der Waals surface area (Å²) in [5, 5.41) is 3.53. The lowest BCUT2D eigenvalue weighted by Crippen LogP contribution is -2.51. The van der Waals surface area contributed by atoms with E-state index in [1.54, 1.807) is 0 Å². The highest BCUT2D eigenvalue weighted by Crippen LogP contribution is 2.18.